The lowest BCUT2D eigenvalue weighted by atomic mass is 10.0. The first kappa shape index (κ1) is 15.3. The molecule has 2 N–H and O–H groups in total. The highest BCUT2D eigenvalue weighted by Gasteiger charge is 2.12. The maximum absolute atomic E-state index is 5.51. The molecule has 0 aliphatic carbocycles. The van der Waals surface area contributed by atoms with Crippen LogP contribution in [0.25, 0.3) is 23.0 Å². The molecular weight excluding hydrogens is 290 g/mol. The van der Waals surface area contributed by atoms with E-state index in [1.165, 1.54) is 5.56 Å². The molecule has 0 radical (unpaired) electrons. The van der Waals surface area contributed by atoms with E-state index >= 15 is 0 Å². The highest BCUT2D eigenvalue weighted by Crippen LogP contribution is 2.22. The third kappa shape index (κ3) is 3.60. The largest absolute Gasteiger partial charge is 0.334 e. The Morgan fingerprint density at radius 3 is 2.48 bits per heavy atom. The van der Waals surface area contributed by atoms with Crippen LogP contribution >= 0.6 is 0 Å². The van der Waals surface area contributed by atoms with E-state index in [4.69, 9.17) is 10.3 Å². The lowest BCUT2D eigenvalue weighted by molar-refractivity contribution is 0.432. The number of hydrogen-bond donors (Lipinski definition) is 1. The average Bonchev–Trinajstić information content (AvgIpc) is 3.05. The summed E-state index contributed by atoms with van der Waals surface area (Å²) in [6.07, 6.45) is 4.27. The van der Waals surface area contributed by atoms with Gasteiger partial charge in [0.2, 0.25) is 5.82 Å². The van der Waals surface area contributed by atoms with Crippen LogP contribution in [-0.2, 0) is 13.0 Å². The highest BCUT2D eigenvalue weighted by atomic mass is 16.5. The van der Waals surface area contributed by atoms with Crippen molar-refractivity contribution in [2.45, 2.75) is 26.8 Å². The number of nitrogens with zero attached hydrogens (tertiary/aromatic N) is 4. The number of nitrogens with two attached hydrogens (primary N) is 1. The molecule has 0 spiro atoms. The fourth-order valence-corrected chi connectivity index (χ4v) is 2.28. The average molecular weight is 309 g/mol. The molecule has 23 heavy (non-hydrogen) atoms. The van der Waals surface area contributed by atoms with Gasteiger partial charge in [-0.3, -0.25) is 4.98 Å². The van der Waals surface area contributed by atoms with Crippen LogP contribution in [0.5, 0.6) is 0 Å². The molecule has 0 bridgehead atoms. The smallest absolute Gasteiger partial charge is 0.258 e. The van der Waals surface area contributed by atoms with E-state index in [1.54, 1.807) is 12.4 Å². The van der Waals surface area contributed by atoms with Crippen LogP contribution in [0.15, 0.2) is 41.2 Å². The van der Waals surface area contributed by atoms with E-state index in [1.807, 2.05) is 12.1 Å². The lowest BCUT2D eigenvalue weighted by Gasteiger charge is -2.04. The van der Waals surface area contributed by atoms with Crippen LogP contribution in [0.2, 0.25) is 0 Å². The molecule has 3 rings (SSSR count). The van der Waals surface area contributed by atoms with Gasteiger partial charge < -0.3 is 10.3 Å². The van der Waals surface area contributed by atoms with Gasteiger partial charge in [-0.25, -0.2) is 4.98 Å². The van der Waals surface area contributed by atoms with Gasteiger partial charge in [-0.05, 0) is 30.0 Å². The number of hydrogen-bond acceptors (Lipinski definition) is 6. The van der Waals surface area contributed by atoms with Gasteiger partial charge in [0.1, 0.15) is 5.69 Å². The monoisotopic (exact) mass is 309 g/mol. The van der Waals surface area contributed by atoms with Crippen LogP contribution in [-0.4, -0.2) is 20.1 Å². The first-order valence-corrected chi connectivity index (χ1v) is 7.60. The summed E-state index contributed by atoms with van der Waals surface area (Å²) in [5.41, 5.74) is 8.98. The third-order valence-electron chi connectivity index (χ3n) is 3.41. The van der Waals surface area contributed by atoms with E-state index in [2.05, 4.69) is 46.1 Å². The summed E-state index contributed by atoms with van der Waals surface area (Å²) >= 11 is 0. The van der Waals surface area contributed by atoms with Crippen molar-refractivity contribution in [1.82, 2.24) is 20.1 Å². The van der Waals surface area contributed by atoms with Gasteiger partial charge in [-0.1, -0.05) is 31.1 Å². The molecule has 0 amide bonds. The second-order valence-corrected chi connectivity index (χ2v) is 5.82. The molecule has 2 heterocycles. The zero-order valence-electron chi connectivity index (χ0n) is 13.2. The van der Waals surface area contributed by atoms with E-state index < -0.39 is 0 Å². The van der Waals surface area contributed by atoms with Crippen molar-refractivity contribution in [2.75, 3.05) is 0 Å². The zero-order chi connectivity index (χ0) is 16.2. The van der Waals surface area contributed by atoms with Crippen molar-refractivity contribution >= 4 is 0 Å². The van der Waals surface area contributed by atoms with E-state index in [0.717, 1.165) is 17.7 Å². The molecule has 0 atom stereocenters. The Morgan fingerprint density at radius 2 is 1.87 bits per heavy atom. The van der Waals surface area contributed by atoms with Gasteiger partial charge >= 0.3 is 0 Å². The summed E-state index contributed by atoms with van der Waals surface area (Å²) in [5.74, 6) is 1.52. The summed E-state index contributed by atoms with van der Waals surface area (Å²) in [5, 5.41) is 3.97. The molecule has 2 aromatic heterocycles. The Kier molecular flexibility index (Phi) is 4.43. The van der Waals surface area contributed by atoms with Gasteiger partial charge in [0.15, 0.2) is 0 Å². The molecule has 0 aliphatic heterocycles. The Morgan fingerprint density at radius 1 is 1.09 bits per heavy atom. The Bertz CT molecular complexity index is 762. The summed E-state index contributed by atoms with van der Waals surface area (Å²) in [6.45, 7) is 4.76. The van der Waals surface area contributed by atoms with E-state index in [9.17, 15) is 0 Å². The SMILES string of the molecule is CC(C)Cc1ccc(-c2nc(-c3cnc(CN)cn3)no2)cc1. The highest BCUT2D eigenvalue weighted by molar-refractivity contribution is 5.57. The summed E-state index contributed by atoms with van der Waals surface area (Å²) in [4.78, 5) is 12.8. The first-order chi connectivity index (χ1) is 11.2. The van der Waals surface area contributed by atoms with Crippen LogP contribution in [0, 0.1) is 5.92 Å². The quantitative estimate of drug-likeness (QED) is 0.779. The van der Waals surface area contributed by atoms with Crippen molar-refractivity contribution in [2.24, 2.45) is 11.7 Å². The van der Waals surface area contributed by atoms with E-state index in [0.29, 0.717) is 29.9 Å². The van der Waals surface area contributed by atoms with Crippen LogP contribution < -0.4 is 5.73 Å². The van der Waals surface area contributed by atoms with Gasteiger partial charge in [0, 0.05) is 12.1 Å². The Hall–Kier alpha value is -2.60. The predicted molar refractivity (Wildman–Crippen MR) is 87.2 cm³/mol. The summed E-state index contributed by atoms with van der Waals surface area (Å²) < 4.78 is 5.33. The van der Waals surface area contributed by atoms with Gasteiger partial charge in [-0.2, -0.15) is 4.98 Å². The molecular formula is C17H19N5O. The lowest BCUT2D eigenvalue weighted by Crippen LogP contribution is -2.00. The molecule has 0 saturated heterocycles. The Labute approximate surface area is 134 Å². The van der Waals surface area contributed by atoms with E-state index in [-0.39, 0.29) is 0 Å². The second kappa shape index (κ2) is 6.66. The van der Waals surface area contributed by atoms with Crippen LogP contribution in [0.3, 0.4) is 0 Å². The van der Waals surface area contributed by atoms with Crippen molar-refractivity contribution in [3.63, 3.8) is 0 Å². The van der Waals surface area contributed by atoms with Gasteiger partial charge in [0.25, 0.3) is 5.89 Å². The first-order valence-electron chi connectivity index (χ1n) is 7.60. The summed E-state index contributed by atoms with van der Waals surface area (Å²) in [6, 6.07) is 8.18. The van der Waals surface area contributed by atoms with Gasteiger partial charge in [-0.15, -0.1) is 0 Å². The molecule has 118 valence electrons. The minimum atomic E-state index is 0.355. The standard InChI is InChI=1S/C17H19N5O/c1-11(2)7-12-3-5-13(6-4-12)17-21-16(22-23-17)15-10-19-14(8-18)9-20-15/h3-6,9-11H,7-8,18H2,1-2H3. The van der Waals surface area contributed by atoms with Gasteiger partial charge in [0.05, 0.1) is 18.1 Å². The van der Waals surface area contributed by atoms with Crippen molar-refractivity contribution in [1.29, 1.82) is 0 Å². The van der Waals surface area contributed by atoms with Crippen LogP contribution in [0.4, 0.5) is 0 Å². The molecule has 0 unspecified atom stereocenters. The number of benzene rings is 1. The Balaban J connectivity index is 1.80. The molecule has 0 aliphatic rings. The predicted octanol–water partition coefficient (Wildman–Crippen LogP) is 2.85. The number of rotatable bonds is 5. The van der Waals surface area contributed by atoms with Crippen LogP contribution in [0.1, 0.15) is 25.1 Å². The molecule has 1 aromatic carbocycles. The molecule has 0 saturated carbocycles. The molecule has 6 nitrogen and oxygen atoms in total. The van der Waals surface area contributed by atoms with Crippen molar-refractivity contribution in [3.8, 4) is 23.0 Å². The second-order valence-electron chi connectivity index (χ2n) is 5.82. The molecule has 0 fully saturated rings. The maximum atomic E-state index is 5.51. The van der Waals surface area contributed by atoms with Crippen molar-refractivity contribution in [3.05, 3.63) is 47.9 Å². The third-order valence-corrected chi connectivity index (χ3v) is 3.41. The fraction of sp³-hybridized carbons (Fsp3) is 0.294. The van der Waals surface area contributed by atoms with Crippen molar-refractivity contribution < 1.29 is 4.52 Å². The fourth-order valence-electron chi connectivity index (χ4n) is 2.28. The molecule has 3 aromatic rings. The normalized spacial score (nSPS) is 11.1. The summed E-state index contributed by atoms with van der Waals surface area (Å²) in [7, 11) is 0. The zero-order valence-corrected chi connectivity index (χ0v) is 13.2. The maximum Gasteiger partial charge on any atom is 0.258 e. The minimum absolute atomic E-state index is 0.355. The minimum Gasteiger partial charge on any atom is -0.334 e. The number of aromatic nitrogens is 4. The molecule has 6 heteroatoms. The topological polar surface area (TPSA) is 90.7 Å².